The summed E-state index contributed by atoms with van der Waals surface area (Å²) >= 11 is 17.4. The third-order valence-electron chi connectivity index (χ3n) is 5.25. The maximum absolute atomic E-state index is 12.2. The summed E-state index contributed by atoms with van der Waals surface area (Å²) in [7, 11) is 3.40. The molecule has 1 N–H and O–H groups in total. The van der Waals surface area contributed by atoms with Gasteiger partial charge in [0.15, 0.2) is 0 Å². The minimum absolute atomic E-state index is 0.0871. The Morgan fingerprint density at radius 3 is 2.32 bits per heavy atom. The number of aromatic carboxylic acids is 1. The van der Waals surface area contributed by atoms with E-state index >= 15 is 0 Å². The zero-order valence-electron chi connectivity index (χ0n) is 18.2. The highest BCUT2D eigenvalue weighted by atomic mass is 79.9. The number of nitrogens with zero attached hydrogens (tertiary/aromatic N) is 2. The van der Waals surface area contributed by atoms with Gasteiger partial charge < -0.3 is 14.6 Å². The number of fused-ring (bicyclic) bond motifs is 1. The Morgan fingerprint density at radius 1 is 1.00 bits per heavy atom. The summed E-state index contributed by atoms with van der Waals surface area (Å²) in [6, 6.07) is 18.1. The van der Waals surface area contributed by atoms with Crippen molar-refractivity contribution in [3.63, 3.8) is 0 Å². The van der Waals surface area contributed by atoms with Gasteiger partial charge >= 0.3 is 5.97 Å². The molecule has 174 valence electrons. The van der Waals surface area contributed by atoms with Crippen molar-refractivity contribution in [1.29, 1.82) is 0 Å². The van der Waals surface area contributed by atoms with Crippen LogP contribution in [0.5, 0.6) is 0 Å². The van der Waals surface area contributed by atoms with Crippen molar-refractivity contribution in [2.24, 2.45) is 0 Å². The van der Waals surface area contributed by atoms with Crippen molar-refractivity contribution in [1.82, 2.24) is 9.47 Å². The molecule has 1 amide bonds. The van der Waals surface area contributed by atoms with Gasteiger partial charge in [-0.2, -0.15) is 0 Å². The molecule has 0 aliphatic heterocycles. The second kappa shape index (κ2) is 10.0. The van der Waals surface area contributed by atoms with Crippen LogP contribution in [0.2, 0.25) is 10.0 Å². The van der Waals surface area contributed by atoms with Crippen LogP contribution in [0.4, 0.5) is 0 Å². The highest BCUT2D eigenvalue weighted by Crippen LogP contribution is 2.40. The summed E-state index contributed by atoms with van der Waals surface area (Å²) in [5.41, 5.74) is 2.41. The molecule has 4 aromatic rings. The van der Waals surface area contributed by atoms with Crippen LogP contribution < -0.4 is 0 Å². The van der Waals surface area contributed by atoms with E-state index in [4.69, 9.17) is 23.2 Å². The first-order chi connectivity index (χ1) is 16.2. The molecule has 5 nitrogen and oxygen atoms in total. The Morgan fingerprint density at radius 2 is 1.71 bits per heavy atom. The maximum atomic E-state index is 12.2. The van der Waals surface area contributed by atoms with Gasteiger partial charge in [0.05, 0.1) is 20.0 Å². The lowest BCUT2D eigenvalue weighted by Gasteiger charge is -2.13. The number of rotatable bonds is 6. The van der Waals surface area contributed by atoms with Crippen molar-refractivity contribution >= 4 is 73.7 Å². The molecule has 0 saturated carbocycles. The van der Waals surface area contributed by atoms with Crippen LogP contribution in [0.3, 0.4) is 0 Å². The molecule has 0 aliphatic rings. The fraction of sp³-hybridized carbons (Fsp3) is 0.120. The minimum atomic E-state index is -1.01. The van der Waals surface area contributed by atoms with Gasteiger partial charge in [-0.3, -0.25) is 4.79 Å². The number of carboxylic acids is 1. The average molecular weight is 578 g/mol. The maximum Gasteiger partial charge on any atom is 0.352 e. The van der Waals surface area contributed by atoms with E-state index in [0.29, 0.717) is 22.2 Å². The SMILES string of the molecule is CN(C)C(=O)c1ccc(Cn2c(C(=O)O)cc3ccc(Sc4ccc(Cl)c(Cl)c4)c(Br)c32)cc1. The van der Waals surface area contributed by atoms with Gasteiger partial charge in [-0.15, -0.1) is 0 Å². The smallest absolute Gasteiger partial charge is 0.352 e. The highest BCUT2D eigenvalue weighted by molar-refractivity contribution is 9.10. The quantitative estimate of drug-likeness (QED) is 0.261. The topological polar surface area (TPSA) is 62.5 Å². The molecule has 0 saturated heterocycles. The van der Waals surface area contributed by atoms with Gasteiger partial charge in [0.25, 0.3) is 5.91 Å². The Bertz CT molecular complexity index is 1420. The summed E-state index contributed by atoms with van der Waals surface area (Å²) < 4.78 is 2.55. The van der Waals surface area contributed by atoms with E-state index in [9.17, 15) is 14.7 Å². The number of hydrogen-bond donors (Lipinski definition) is 1. The van der Waals surface area contributed by atoms with Crippen molar-refractivity contribution in [2.75, 3.05) is 14.1 Å². The zero-order valence-corrected chi connectivity index (χ0v) is 22.1. The molecule has 9 heteroatoms. The van der Waals surface area contributed by atoms with Gasteiger partial charge in [-0.1, -0.05) is 53.2 Å². The van der Waals surface area contributed by atoms with Gasteiger partial charge in [0.2, 0.25) is 0 Å². The number of carbonyl (C=O) groups excluding carboxylic acids is 1. The van der Waals surface area contributed by atoms with Crippen LogP contribution >= 0.6 is 50.9 Å². The molecule has 0 radical (unpaired) electrons. The first kappa shape index (κ1) is 24.7. The van der Waals surface area contributed by atoms with Crippen molar-refractivity contribution in [3.05, 3.63) is 92.0 Å². The third kappa shape index (κ3) is 4.98. The number of benzene rings is 3. The summed E-state index contributed by atoms with van der Waals surface area (Å²) in [5.74, 6) is -1.10. The largest absolute Gasteiger partial charge is 0.477 e. The molecule has 1 aromatic heterocycles. The summed E-state index contributed by atoms with van der Waals surface area (Å²) in [5, 5.41) is 11.6. The summed E-state index contributed by atoms with van der Waals surface area (Å²) in [6.07, 6.45) is 0. The Hall–Kier alpha value is -2.45. The fourth-order valence-corrected chi connectivity index (χ4v) is 5.65. The summed E-state index contributed by atoms with van der Waals surface area (Å²) in [6.45, 7) is 0.334. The van der Waals surface area contributed by atoms with Crippen LogP contribution in [0.25, 0.3) is 10.9 Å². The van der Waals surface area contributed by atoms with Crippen LogP contribution in [0, 0.1) is 0 Å². The van der Waals surface area contributed by atoms with Gasteiger partial charge in [0.1, 0.15) is 5.69 Å². The first-order valence-electron chi connectivity index (χ1n) is 10.1. The number of carboxylic acid groups (broad SMARTS) is 1. The van der Waals surface area contributed by atoms with Crippen molar-refractivity contribution in [3.8, 4) is 0 Å². The van der Waals surface area contributed by atoms with E-state index in [0.717, 1.165) is 30.7 Å². The van der Waals surface area contributed by atoms with Crippen molar-refractivity contribution in [2.45, 2.75) is 16.3 Å². The van der Waals surface area contributed by atoms with E-state index in [2.05, 4.69) is 15.9 Å². The normalized spacial score (nSPS) is 11.1. The molecule has 0 atom stereocenters. The number of hydrogen-bond acceptors (Lipinski definition) is 3. The van der Waals surface area contributed by atoms with E-state index in [-0.39, 0.29) is 11.6 Å². The monoisotopic (exact) mass is 576 g/mol. The highest BCUT2D eigenvalue weighted by Gasteiger charge is 2.19. The fourth-order valence-electron chi connectivity index (χ4n) is 3.58. The molecule has 0 spiro atoms. The van der Waals surface area contributed by atoms with Crippen LogP contribution in [0.1, 0.15) is 26.4 Å². The predicted octanol–water partition coefficient (Wildman–Crippen LogP) is 7.31. The molecule has 0 unspecified atom stereocenters. The number of aromatic nitrogens is 1. The molecular formula is C25H19BrCl2N2O3S. The predicted molar refractivity (Wildman–Crippen MR) is 141 cm³/mol. The Kier molecular flexibility index (Phi) is 7.28. The minimum Gasteiger partial charge on any atom is -0.477 e. The van der Waals surface area contributed by atoms with E-state index in [1.807, 2.05) is 30.3 Å². The first-order valence-corrected chi connectivity index (χ1v) is 12.5. The molecule has 3 aromatic carbocycles. The lowest BCUT2D eigenvalue weighted by molar-refractivity contribution is 0.0685. The number of amides is 1. The molecule has 1 heterocycles. The molecule has 0 fully saturated rings. The molecule has 34 heavy (non-hydrogen) atoms. The second-order valence-electron chi connectivity index (χ2n) is 7.81. The van der Waals surface area contributed by atoms with E-state index < -0.39 is 5.97 Å². The summed E-state index contributed by atoms with van der Waals surface area (Å²) in [4.78, 5) is 27.6. The second-order valence-corrected chi connectivity index (χ2v) is 10.5. The lowest BCUT2D eigenvalue weighted by Crippen LogP contribution is -2.21. The van der Waals surface area contributed by atoms with Crippen LogP contribution in [0.15, 0.2) is 74.9 Å². The lowest BCUT2D eigenvalue weighted by atomic mass is 10.1. The number of halogens is 3. The van der Waals surface area contributed by atoms with Gasteiger partial charge in [0, 0.05) is 41.4 Å². The standard InChI is InChI=1S/C25H19BrCl2N2O3S/c1-29(2)24(31)15-5-3-14(4-6-15)13-30-20(25(32)33)11-16-7-10-21(22(26)23(16)30)34-17-8-9-18(27)19(28)12-17/h3-12H,13H2,1-2H3,(H,32,33). The van der Waals surface area contributed by atoms with Crippen LogP contribution in [-0.4, -0.2) is 40.5 Å². The Balaban J connectivity index is 1.75. The van der Waals surface area contributed by atoms with Crippen LogP contribution in [-0.2, 0) is 6.54 Å². The van der Waals surface area contributed by atoms with E-state index in [1.165, 1.54) is 16.7 Å². The Labute approximate surface area is 219 Å². The zero-order chi connectivity index (χ0) is 24.6. The molecule has 0 aliphatic carbocycles. The molecular weight excluding hydrogens is 559 g/mol. The van der Waals surface area contributed by atoms with Crippen molar-refractivity contribution < 1.29 is 14.7 Å². The molecule has 0 bridgehead atoms. The number of carbonyl (C=O) groups is 2. The molecule has 4 rings (SSSR count). The van der Waals surface area contributed by atoms with E-state index in [1.54, 1.807) is 49.0 Å². The van der Waals surface area contributed by atoms with Gasteiger partial charge in [-0.25, -0.2) is 4.79 Å². The van der Waals surface area contributed by atoms with Gasteiger partial charge in [-0.05, 0) is 64.0 Å². The third-order valence-corrected chi connectivity index (χ3v) is 8.10. The average Bonchev–Trinajstić information content (AvgIpc) is 3.17.